The van der Waals surface area contributed by atoms with E-state index in [-0.39, 0.29) is 17.9 Å². The molecule has 1 fully saturated rings. The van der Waals surface area contributed by atoms with Crippen LogP contribution in [0.2, 0.25) is 0 Å². The molecule has 1 aromatic carbocycles. The van der Waals surface area contributed by atoms with Crippen molar-refractivity contribution in [3.63, 3.8) is 0 Å². The Labute approximate surface area is 143 Å². The van der Waals surface area contributed by atoms with Crippen LogP contribution in [0.1, 0.15) is 42.4 Å². The Morgan fingerprint density at radius 3 is 2.62 bits per heavy atom. The number of benzene rings is 1. The molecule has 0 spiro atoms. The van der Waals surface area contributed by atoms with Crippen molar-refractivity contribution in [3.05, 3.63) is 34.9 Å². The van der Waals surface area contributed by atoms with Gasteiger partial charge in [-0.25, -0.2) is 0 Å². The van der Waals surface area contributed by atoms with Crippen molar-refractivity contribution in [2.24, 2.45) is 5.92 Å². The lowest BCUT2D eigenvalue weighted by atomic mass is 9.86. The minimum Gasteiger partial charge on any atom is -0.444 e. The van der Waals surface area contributed by atoms with Crippen LogP contribution < -0.4 is 5.32 Å². The largest absolute Gasteiger partial charge is 0.444 e. The number of carbonyl (C=O) groups is 2. The Bertz CT molecular complexity index is 564. The lowest BCUT2D eigenvalue weighted by Gasteiger charge is -2.32. The molecule has 1 saturated carbocycles. The first-order valence-corrected chi connectivity index (χ1v) is 8.51. The molecule has 1 atom stereocenters. The summed E-state index contributed by atoms with van der Waals surface area (Å²) in [5.74, 6) is 0.0218. The van der Waals surface area contributed by atoms with Crippen LogP contribution in [-0.2, 0) is 25.5 Å². The number of hydrogen-bond acceptors (Lipinski definition) is 4. The zero-order valence-electron chi connectivity index (χ0n) is 14.7. The van der Waals surface area contributed by atoms with Gasteiger partial charge in [0.15, 0.2) is 6.23 Å². The standard InChI is InChI=1S/C19H27NO4/c1-13-4-5-14(2)16(10-13)11-18(22)20-19(24-12-21)15-6-8-17(23-3)9-7-15/h4-5,10,12,15,17,19H,6-9,11H2,1-3H3,(H,20,22). The molecule has 1 aromatic rings. The van der Waals surface area contributed by atoms with Gasteiger partial charge in [0.25, 0.3) is 6.47 Å². The molecule has 0 aliphatic heterocycles. The Morgan fingerprint density at radius 2 is 2.00 bits per heavy atom. The van der Waals surface area contributed by atoms with Crippen LogP contribution >= 0.6 is 0 Å². The van der Waals surface area contributed by atoms with E-state index in [9.17, 15) is 9.59 Å². The Hall–Kier alpha value is -1.88. The highest BCUT2D eigenvalue weighted by Gasteiger charge is 2.29. The molecule has 0 saturated heterocycles. The lowest BCUT2D eigenvalue weighted by molar-refractivity contribution is -0.143. The highest BCUT2D eigenvalue weighted by Crippen LogP contribution is 2.28. The molecule has 5 heteroatoms. The zero-order valence-corrected chi connectivity index (χ0v) is 14.7. The third-order valence-electron chi connectivity index (χ3n) is 4.84. The summed E-state index contributed by atoms with van der Waals surface area (Å²) in [7, 11) is 1.72. The van der Waals surface area contributed by atoms with Crippen molar-refractivity contribution in [2.75, 3.05) is 7.11 Å². The minimum absolute atomic E-state index is 0.121. The Balaban J connectivity index is 1.95. The molecule has 1 aliphatic rings. The smallest absolute Gasteiger partial charge is 0.295 e. The highest BCUT2D eigenvalue weighted by atomic mass is 16.5. The van der Waals surface area contributed by atoms with Crippen molar-refractivity contribution in [1.82, 2.24) is 5.32 Å². The predicted octanol–water partition coefficient (Wildman–Crippen LogP) is 2.67. The Morgan fingerprint density at radius 1 is 1.29 bits per heavy atom. The maximum Gasteiger partial charge on any atom is 0.295 e. The quantitative estimate of drug-likeness (QED) is 0.615. The van der Waals surface area contributed by atoms with Crippen molar-refractivity contribution >= 4 is 12.4 Å². The first-order chi connectivity index (χ1) is 11.5. The first-order valence-electron chi connectivity index (χ1n) is 8.51. The van der Waals surface area contributed by atoms with Gasteiger partial charge in [-0.2, -0.15) is 0 Å². The van der Waals surface area contributed by atoms with E-state index in [1.807, 2.05) is 32.0 Å². The second-order valence-electron chi connectivity index (χ2n) is 6.60. The predicted molar refractivity (Wildman–Crippen MR) is 91.5 cm³/mol. The normalized spacial score (nSPS) is 21.8. The molecular formula is C19H27NO4. The Kier molecular flexibility index (Phi) is 6.79. The molecule has 0 bridgehead atoms. The van der Waals surface area contributed by atoms with Crippen molar-refractivity contribution in [3.8, 4) is 0 Å². The van der Waals surface area contributed by atoms with Crippen LogP contribution in [0.15, 0.2) is 18.2 Å². The average molecular weight is 333 g/mol. The molecule has 24 heavy (non-hydrogen) atoms. The van der Waals surface area contributed by atoms with Gasteiger partial charge >= 0.3 is 0 Å². The summed E-state index contributed by atoms with van der Waals surface area (Å²) in [6.45, 7) is 4.42. The van der Waals surface area contributed by atoms with Crippen molar-refractivity contribution in [1.29, 1.82) is 0 Å². The summed E-state index contributed by atoms with van der Waals surface area (Å²) >= 11 is 0. The molecule has 0 radical (unpaired) electrons. The number of carbonyl (C=O) groups excluding carboxylic acids is 2. The minimum atomic E-state index is -0.557. The topological polar surface area (TPSA) is 64.6 Å². The number of ether oxygens (including phenoxy) is 2. The fraction of sp³-hybridized carbons (Fsp3) is 0.579. The van der Waals surface area contributed by atoms with Crippen molar-refractivity contribution < 1.29 is 19.1 Å². The van der Waals surface area contributed by atoms with E-state index in [1.165, 1.54) is 0 Å². The van der Waals surface area contributed by atoms with Crippen LogP contribution in [0, 0.1) is 19.8 Å². The van der Waals surface area contributed by atoms with Crippen LogP contribution in [0.5, 0.6) is 0 Å². The molecule has 0 aromatic heterocycles. The van der Waals surface area contributed by atoms with E-state index in [1.54, 1.807) is 7.11 Å². The number of nitrogens with one attached hydrogen (secondary N) is 1. The molecule has 1 N–H and O–H groups in total. The third-order valence-corrected chi connectivity index (χ3v) is 4.84. The molecule has 1 unspecified atom stereocenters. The molecule has 0 heterocycles. The molecule has 1 amide bonds. The van der Waals surface area contributed by atoms with Gasteiger partial charge in [-0.05, 0) is 50.7 Å². The van der Waals surface area contributed by atoms with Gasteiger partial charge in [-0.15, -0.1) is 0 Å². The number of aryl methyl sites for hydroxylation is 2. The fourth-order valence-corrected chi connectivity index (χ4v) is 3.32. The van der Waals surface area contributed by atoms with Gasteiger partial charge in [-0.3, -0.25) is 9.59 Å². The molecular weight excluding hydrogens is 306 g/mol. The zero-order chi connectivity index (χ0) is 17.5. The third kappa shape index (κ3) is 5.06. The highest BCUT2D eigenvalue weighted by molar-refractivity contribution is 5.79. The maximum absolute atomic E-state index is 12.4. The molecule has 5 nitrogen and oxygen atoms in total. The number of hydrogen-bond donors (Lipinski definition) is 1. The number of amides is 1. The first kappa shape index (κ1) is 18.5. The van der Waals surface area contributed by atoms with Gasteiger partial charge in [0.05, 0.1) is 12.5 Å². The summed E-state index contributed by atoms with van der Waals surface area (Å²) < 4.78 is 10.5. The van der Waals surface area contributed by atoms with E-state index in [0.717, 1.165) is 42.4 Å². The summed E-state index contributed by atoms with van der Waals surface area (Å²) in [4.78, 5) is 23.2. The fourth-order valence-electron chi connectivity index (χ4n) is 3.32. The SMILES string of the molecule is COC1CCC(C(NC(=O)Cc2cc(C)ccc2C)OC=O)CC1. The van der Waals surface area contributed by atoms with Gasteiger partial charge < -0.3 is 14.8 Å². The van der Waals surface area contributed by atoms with Gasteiger partial charge in [0, 0.05) is 13.0 Å². The van der Waals surface area contributed by atoms with E-state index in [2.05, 4.69) is 5.32 Å². The summed E-state index contributed by atoms with van der Waals surface area (Å²) in [5, 5.41) is 2.88. The van der Waals surface area contributed by atoms with E-state index < -0.39 is 6.23 Å². The molecule has 1 aliphatic carbocycles. The van der Waals surface area contributed by atoms with Crippen LogP contribution in [-0.4, -0.2) is 31.8 Å². The van der Waals surface area contributed by atoms with Crippen LogP contribution in [0.3, 0.4) is 0 Å². The second kappa shape index (κ2) is 8.83. The molecule has 132 valence electrons. The number of rotatable bonds is 7. The van der Waals surface area contributed by atoms with Gasteiger partial charge in [-0.1, -0.05) is 23.8 Å². The van der Waals surface area contributed by atoms with Gasteiger partial charge in [0.2, 0.25) is 5.91 Å². The van der Waals surface area contributed by atoms with Crippen molar-refractivity contribution in [2.45, 2.75) is 58.3 Å². The van der Waals surface area contributed by atoms with Gasteiger partial charge in [0.1, 0.15) is 0 Å². The van der Waals surface area contributed by atoms with E-state index in [0.29, 0.717) is 12.9 Å². The second-order valence-corrected chi connectivity index (χ2v) is 6.60. The average Bonchev–Trinajstić information content (AvgIpc) is 2.58. The monoisotopic (exact) mass is 333 g/mol. The summed E-state index contributed by atoms with van der Waals surface area (Å²) in [5.41, 5.74) is 3.21. The maximum atomic E-state index is 12.4. The summed E-state index contributed by atoms with van der Waals surface area (Å²) in [6, 6.07) is 6.07. The van der Waals surface area contributed by atoms with E-state index >= 15 is 0 Å². The summed E-state index contributed by atoms with van der Waals surface area (Å²) in [6.07, 6.45) is 3.60. The molecule has 2 rings (SSSR count). The lowest BCUT2D eigenvalue weighted by Crippen LogP contribution is -2.44. The number of methoxy groups -OCH3 is 1. The van der Waals surface area contributed by atoms with E-state index in [4.69, 9.17) is 9.47 Å². The van der Waals surface area contributed by atoms with Crippen LogP contribution in [0.4, 0.5) is 0 Å². The van der Waals surface area contributed by atoms with Crippen LogP contribution in [0.25, 0.3) is 0 Å².